The lowest BCUT2D eigenvalue weighted by atomic mass is 10.0. The van der Waals surface area contributed by atoms with Crippen LogP contribution in [0, 0.1) is 0 Å². The SMILES string of the molecule is O=C(CCNC1CCOc2ccccc21)N1CCCCC1. The van der Waals surface area contributed by atoms with Gasteiger partial charge in [-0.15, -0.1) is 0 Å². The van der Waals surface area contributed by atoms with Crippen LogP contribution in [0.1, 0.15) is 43.7 Å². The zero-order valence-electron chi connectivity index (χ0n) is 12.5. The fraction of sp³-hybridized carbons (Fsp3) is 0.588. The van der Waals surface area contributed by atoms with Crippen LogP contribution in [0.4, 0.5) is 0 Å². The van der Waals surface area contributed by atoms with Gasteiger partial charge in [0.2, 0.25) is 5.91 Å². The molecule has 0 bridgehead atoms. The Hall–Kier alpha value is -1.55. The van der Waals surface area contributed by atoms with E-state index >= 15 is 0 Å². The first kappa shape index (κ1) is 14.4. The normalized spacial score (nSPS) is 21.5. The van der Waals surface area contributed by atoms with Crippen molar-refractivity contribution in [2.45, 2.75) is 38.1 Å². The van der Waals surface area contributed by atoms with Gasteiger partial charge in [-0.1, -0.05) is 18.2 Å². The molecule has 114 valence electrons. The summed E-state index contributed by atoms with van der Waals surface area (Å²) in [5.74, 6) is 1.27. The second kappa shape index (κ2) is 6.94. The molecule has 0 spiro atoms. The smallest absolute Gasteiger partial charge is 0.223 e. The van der Waals surface area contributed by atoms with E-state index < -0.39 is 0 Å². The van der Waals surface area contributed by atoms with Gasteiger partial charge in [-0.25, -0.2) is 0 Å². The summed E-state index contributed by atoms with van der Waals surface area (Å²) >= 11 is 0. The summed E-state index contributed by atoms with van der Waals surface area (Å²) in [6, 6.07) is 8.48. The topological polar surface area (TPSA) is 41.6 Å². The van der Waals surface area contributed by atoms with Gasteiger partial charge in [-0.2, -0.15) is 0 Å². The third kappa shape index (κ3) is 3.56. The van der Waals surface area contributed by atoms with Gasteiger partial charge in [0.25, 0.3) is 0 Å². The van der Waals surface area contributed by atoms with Crippen molar-refractivity contribution in [3.8, 4) is 5.75 Å². The molecule has 0 aromatic heterocycles. The monoisotopic (exact) mass is 288 g/mol. The van der Waals surface area contributed by atoms with E-state index in [9.17, 15) is 4.79 Å². The van der Waals surface area contributed by atoms with Gasteiger partial charge < -0.3 is 15.0 Å². The molecule has 1 unspecified atom stereocenters. The van der Waals surface area contributed by atoms with Crippen LogP contribution in [0.15, 0.2) is 24.3 Å². The molecular weight excluding hydrogens is 264 g/mol. The quantitative estimate of drug-likeness (QED) is 0.925. The number of hydrogen-bond acceptors (Lipinski definition) is 3. The van der Waals surface area contributed by atoms with Crippen molar-refractivity contribution in [1.29, 1.82) is 0 Å². The summed E-state index contributed by atoms with van der Waals surface area (Å²) in [4.78, 5) is 14.2. The number of amides is 1. The Morgan fingerprint density at radius 1 is 1.24 bits per heavy atom. The van der Waals surface area contributed by atoms with Crippen LogP contribution in [-0.2, 0) is 4.79 Å². The van der Waals surface area contributed by atoms with Crippen LogP contribution in [-0.4, -0.2) is 37.0 Å². The Labute approximate surface area is 126 Å². The first-order valence-electron chi connectivity index (χ1n) is 8.07. The lowest BCUT2D eigenvalue weighted by molar-refractivity contribution is -0.132. The third-order valence-corrected chi connectivity index (χ3v) is 4.40. The fourth-order valence-corrected chi connectivity index (χ4v) is 3.21. The lowest BCUT2D eigenvalue weighted by Gasteiger charge is -2.28. The van der Waals surface area contributed by atoms with Crippen molar-refractivity contribution in [2.24, 2.45) is 0 Å². The highest BCUT2D eigenvalue weighted by Gasteiger charge is 2.21. The molecule has 0 radical (unpaired) electrons. The summed E-state index contributed by atoms with van der Waals surface area (Å²) in [6.45, 7) is 3.38. The van der Waals surface area contributed by atoms with E-state index in [4.69, 9.17) is 4.74 Å². The van der Waals surface area contributed by atoms with Crippen molar-refractivity contribution >= 4 is 5.91 Å². The summed E-state index contributed by atoms with van der Waals surface area (Å²) in [5.41, 5.74) is 1.22. The molecule has 3 rings (SSSR count). The number of benzene rings is 1. The average molecular weight is 288 g/mol. The van der Waals surface area contributed by atoms with Gasteiger partial charge in [-0.3, -0.25) is 4.79 Å². The molecule has 2 heterocycles. The molecule has 1 atom stereocenters. The maximum Gasteiger partial charge on any atom is 0.223 e. The molecule has 1 aromatic rings. The van der Waals surface area contributed by atoms with Gasteiger partial charge in [0.1, 0.15) is 5.75 Å². The van der Waals surface area contributed by atoms with Crippen LogP contribution >= 0.6 is 0 Å². The van der Waals surface area contributed by atoms with E-state index in [-0.39, 0.29) is 0 Å². The van der Waals surface area contributed by atoms with E-state index in [1.807, 2.05) is 23.1 Å². The molecule has 21 heavy (non-hydrogen) atoms. The number of nitrogens with zero attached hydrogens (tertiary/aromatic N) is 1. The Kier molecular flexibility index (Phi) is 4.76. The van der Waals surface area contributed by atoms with Crippen LogP contribution in [0.2, 0.25) is 0 Å². The zero-order valence-corrected chi connectivity index (χ0v) is 12.5. The first-order valence-corrected chi connectivity index (χ1v) is 8.07. The lowest BCUT2D eigenvalue weighted by Crippen LogP contribution is -2.37. The molecule has 1 aromatic carbocycles. The van der Waals surface area contributed by atoms with Crippen molar-refractivity contribution in [3.63, 3.8) is 0 Å². The highest BCUT2D eigenvalue weighted by atomic mass is 16.5. The van der Waals surface area contributed by atoms with Crippen LogP contribution in [0.3, 0.4) is 0 Å². The highest BCUT2D eigenvalue weighted by Crippen LogP contribution is 2.31. The Morgan fingerprint density at radius 3 is 2.90 bits per heavy atom. The van der Waals surface area contributed by atoms with E-state index in [2.05, 4.69) is 11.4 Å². The molecule has 2 aliphatic rings. The molecule has 4 heteroatoms. The molecule has 2 aliphatic heterocycles. The molecule has 1 amide bonds. The maximum absolute atomic E-state index is 12.1. The van der Waals surface area contributed by atoms with E-state index in [0.29, 0.717) is 18.4 Å². The largest absolute Gasteiger partial charge is 0.493 e. The number of fused-ring (bicyclic) bond motifs is 1. The number of nitrogens with one attached hydrogen (secondary N) is 1. The number of carbonyl (C=O) groups excluding carboxylic acids is 1. The van der Waals surface area contributed by atoms with Crippen molar-refractivity contribution in [3.05, 3.63) is 29.8 Å². The first-order chi connectivity index (χ1) is 10.3. The number of likely N-dealkylation sites (tertiary alicyclic amines) is 1. The minimum absolute atomic E-state index is 0.294. The molecular formula is C17H24N2O2. The highest BCUT2D eigenvalue weighted by molar-refractivity contribution is 5.76. The Balaban J connectivity index is 1.48. The van der Waals surface area contributed by atoms with Crippen molar-refractivity contribution < 1.29 is 9.53 Å². The van der Waals surface area contributed by atoms with Crippen LogP contribution in [0.5, 0.6) is 5.75 Å². The summed E-state index contributed by atoms with van der Waals surface area (Å²) < 4.78 is 5.66. The maximum atomic E-state index is 12.1. The predicted molar refractivity (Wildman–Crippen MR) is 82.3 cm³/mol. The molecule has 1 fully saturated rings. The van der Waals surface area contributed by atoms with Gasteiger partial charge >= 0.3 is 0 Å². The number of carbonyl (C=O) groups is 1. The minimum Gasteiger partial charge on any atom is -0.493 e. The third-order valence-electron chi connectivity index (χ3n) is 4.40. The Morgan fingerprint density at radius 2 is 2.05 bits per heavy atom. The molecule has 0 saturated carbocycles. The second-order valence-corrected chi connectivity index (χ2v) is 5.87. The van der Waals surface area contributed by atoms with Gasteiger partial charge in [0, 0.05) is 44.1 Å². The minimum atomic E-state index is 0.294. The predicted octanol–water partition coefficient (Wildman–Crippen LogP) is 2.50. The summed E-state index contributed by atoms with van der Waals surface area (Å²) in [6.07, 6.45) is 5.15. The van der Waals surface area contributed by atoms with Gasteiger partial charge in [-0.05, 0) is 25.3 Å². The van der Waals surface area contributed by atoms with Crippen LogP contribution in [0.25, 0.3) is 0 Å². The molecule has 1 N–H and O–H groups in total. The van der Waals surface area contributed by atoms with Crippen molar-refractivity contribution in [1.82, 2.24) is 10.2 Å². The molecule has 0 aliphatic carbocycles. The molecule has 1 saturated heterocycles. The number of para-hydroxylation sites is 1. The average Bonchev–Trinajstić information content (AvgIpc) is 2.56. The standard InChI is InChI=1S/C17H24N2O2/c20-17(19-11-4-1-5-12-19)8-10-18-15-9-13-21-16-7-3-2-6-14(15)16/h2-3,6-7,15,18H,1,4-5,8-13H2. The van der Waals surface area contributed by atoms with Crippen molar-refractivity contribution in [2.75, 3.05) is 26.2 Å². The number of rotatable bonds is 4. The summed E-state index contributed by atoms with van der Waals surface area (Å²) in [7, 11) is 0. The van der Waals surface area contributed by atoms with E-state index in [1.54, 1.807) is 0 Å². The summed E-state index contributed by atoms with van der Waals surface area (Å²) in [5, 5.41) is 3.52. The van der Waals surface area contributed by atoms with Crippen LogP contribution < -0.4 is 10.1 Å². The number of hydrogen-bond donors (Lipinski definition) is 1. The molecule has 4 nitrogen and oxygen atoms in total. The number of ether oxygens (including phenoxy) is 1. The Bertz CT molecular complexity index is 483. The second-order valence-electron chi connectivity index (χ2n) is 5.87. The van der Waals surface area contributed by atoms with E-state index in [1.165, 1.54) is 12.0 Å². The van der Waals surface area contributed by atoms with Gasteiger partial charge in [0.05, 0.1) is 6.61 Å². The van der Waals surface area contributed by atoms with Gasteiger partial charge in [0.15, 0.2) is 0 Å². The van der Waals surface area contributed by atoms with E-state index in [0.717, 1.165) is 51.3 Å². The number of piperidine rings is 1. The fourth-order valence-electron chi connectivity index (χ4n) is 3.21. The zero-order chi connectivity index (χ0) is 14.5.